The molecule has 0 saturated heterocycles. The first-order valence-electron chi connectivity index (χ1n) is 7.69. The van der Waals surface area contributed by atoms with Crippen LogP contribution in [-0.2, 0) is 9.84 Å². The highest BCUT2D eigenvalue weighted by atomic mass is 32.2. The molecule has 0 rings (SSSR count). The monoisotopic (exact) mass is 319 g/mol. The molecule has 1 atom stereocenters. The van der Waals surface area contributed by atoms with Crippen LogP contribution in [-0.4, -0.2) is 44.5 Å². The quantitative estimate of drug-likeness (QED) is 0.557. The van der Waals surface area contributed by atoms with Crippen LogP contribution in [0.1, 0.15) is 54.4 Å². The highest BCUT2D eigenvalue weighted by molar-refractivity contribution is 7.92. The minimum absolute atomic E-state index is 0.109. The first-order valence-corrected chi connectivity index (χ1v) is 9.34. The third-order valence-electron chi connectivity index (χ3n) is 3.38. The molecule has 0 aliphatic carbocycles. The van der Waals surface area contributed by atoms with Gasteiger partial charge in [0.25, 0.3) is 0 Å². The Labute approximate surface area is 130 Å². The summed E-state index contributed by atoms with van der Waals surface area (Å²) in [6.45, 7) is 12.1. The lowest BCUT2D eigenvalue weighted by atomic mass is 10.0. The van der Waals surface area contributed by atoms with Gasteiger partial charge < -0.3 is 10.6 Å². The first-order chi connectivity index (χ1) is 9.49. The summed E-state index contributed by atoms with van der Waals surface area (Å²) in [4.78, 5) is 4.14. The Morgan fingerprint density at radius 2 is 1.71 bits per heavy atom. The zero-order chi connectivity index (χ0) is 16.7. The summed E-state index contributed by atoms with van der Waals surface area (Å²) in [5.74, 6) is 1.45. The van der Waals surface area contributed by atoms with Crippen molar-refractivity contribution in [2.75, 3.05) is 19.3 Å². The second-order valence-electron chi connectivity index (χ2n) is 6.95. The lowest BCUT2D eigenvalue weighted by Gasteiger charge is -2.21. The van der Waals surface area contributed by atoms with Crippen LogP contribution in [0.3, 0.4) is 0 Å². The molecule has 6 heteroatoms. The van der Waals surface area contributed by atoms with E-state index in [1.165, 1.54) is 0 Å². The van der Waals surface area contributed by atoms with Crippen LogP contribution in [0.5, 0.6) is 0 Å². The maximum atomic E-state index is 12.0. The fourth-order valence-electron chi connectivity index (χ4n) is 1.69. The lowest BCUT2D eigenvalue weighted by Crippen LogP contribution is -2.44. The van der Waals surface area contributed by atoms with Crippen molar-refractivity contribution in [3.05, 3.63) is 0 Å². The van der Waals surface area contributed by atoms with Gasteiger partial charge in [-0.2, -0.15) is 0 Å². The highest BCUT2D eigenvalue weighted by Crippen LogP contribution is 2.15. The first kappa shape index (κ1) is 20.2. The van der Waals surface area contributed by atoms with Crippen molar-refractivity contribution in [3.8, 4) is 0 Å². The molecule has 0 aromatic carbocycles. The van der Waals surface area contributed by atoms with Gasteiger partial charge >= 0.3 is 0 Å². The molecule has 5 nitrogen and oxygen atoms in total. The van der Waals surface area contributed by atoms with Crippen molar-refractivity contribution in [2.24, 2.45) is 10.9 Å². The Hall–Kier alpha value is -0.780. The molecule has 0 radical (unpaired) electrons. The van der Waals surface area contributed by atoms with Gasteiger partial charge in [-0.1, -0.05) is 13.8 Å². The Bertz CT molecular complexity index is 423. The standard InChI is InChI=1S/C15H33N3O2S/c1-12(2)8-9-13(3)18-14(16-7)17-10-11-21(19,20)15(4,5)6/h12-13H,8-11H2,1-7H3,(H2,16,17,18). The summed E-state index contributed by atoms with van der Waals surface area (Å²) in [6.07, 6.45) is 2.22. The fraction of sp³-hybridized carbons (Fsp3) is 0.933. The van der Waals surface area contributed by atoms with E-state index in [0.29, 0.717) is 24.5 Å². The number of hydrogen-bond acceptors (Lipinski definition) is 3. The minimum atomic E-state index is -3.10. The predicted molar refractivity (Wildman–Crippen MR) is 91.6 cm³/mol. The third-order valence-corrected chi connectivity index (χ3v) is 5.99. The third kappa shape index (κ3) is 8.29. The van der Waals surface area contributed by atoms with Crippen molar-refractivity contribution >= 4 is 15.8 Å². The molecule has 0 aromatic heterocycles. The average molecular weight is 320 g/mol. The molecule has 0 amide bonds. The topological polar surface area (TPSA) is 70.6 Å². The largest absolute Gasteiger partial charge is 0.355 e. The van der Waals surface area contributed by atoms with Crippen molar-refractivity contribution in [1.82, 2.24) is 10.6 Å². The summed E-state index contributed by atoms with van der Waals surface area (Å²) in [7, 11) is -1.40. The van der Waals surface area contributed by atoms with E-state index in [9.17, 15) is 8.42 Å². The van der Waals surface area contributed by atoms with Crippen LogP contribution < -0.4 is 10.6 Å². The van der Waals surface area contributed by atoms with E-state index < -0.39 is 14.6 Å². The molecule has 2 N–H and O–H groups in total. The van der Waals surface area contributed by atoms with Gasteiger partial charge in [-0.25, -0.2) is 8.42 Å². The second kappa shape index (κ2) is 8.61. The maximum absolute atomic E-state index is 12.0. The van der Waals surface area contributed by atoms with Crippen LogP contribution >= 0.6 is 0 Å². The summed E-state index contributed by atoms with van der Waals surface area (Å²) in [5, 5.41) is 6.37. The molecule has 0 aromatic rings. The van der Waals surface area contributed by atoms with Crippen LogP contribution in [0.25, 0.3) is 0 Å². The Kier molecular flexibility index (Phi) is 8.29. The molecule has 0 heterocycles. The van der Waals surface area contributed by atoms with Gasteiger partial charge in [0.2, 0.25) is 0 Å². The number of nitrogens with zero attached hydrogens (tertiary/aromatic N) is 1. The molecule has 21 heavy (non-hydrogen) atoms. The van der Waals surface area contributed by atoms with Crippen molar-refractivity contribution in [3.63, 3.8) is 0 Å². The summed E-state index contributed by atoms with van der Waals surface area (Å²) in [6, 6.07) is 0.317. The van der Waals surface area contributed by atoms with Crippen molar-refractivity contribution < 1.29 is 8.42 Å². The molecule has 0 saturated carbocycles. The number of hydrogen-bond donors (Lipinski definition) is 2. The molecule has 126 valence electrons. The van der Waals surface area contributed by atoms with Gasteiger partial charge in [0, 0.05) is 19.6 Å². The van der Waals surface area contributed by atoms with Crippen LogP contribution in [0.4, 0.5) is 0 Å². The summed E-state index contributed by atoms with van der Waals surface area (Å²) < 4.78 is 23.3. The molecular formula is C15H33N3O2S. The zero-order valence-corrected chi connectivity index (χ0v) is 15.5. The summed E-state index contributed by atoms with van der Waals surface area (Å²) in [5.41, 5.74) is 0. The molecule has 1 unspecified atom stereocenters. The average Bonchev–Trinajstić information content (AvgIpc) is 2.33. The van der Waals surface area contributed by atoms with Crippen LogP contribution in [0.15, 0.2) is 4.99 Å². The summed E-state index contributed by atoms with van der Waals surface area (Å²) >= 11 is 0. The lowest BCUT2D eigenvalue weighted by molar-refractivity contribution is 0.489. The maximum Gasteiger partial charge on any atom is 0.191 e. The fourth-order valence-corrected chi connectivity index (χ4v) is 2.68. The number of guanidine groups is 1. The smallest absolute Gasteiger partial charge is 0.191 e. The Morgan fingerprint density at radius 1 is 1.14 bits per heavy atom. The molecule has 0 spiro atoms. The van der Waals surface area contributed by atoms with Crippen molar-refractivity contribution in [2.45, 2.75) is 65.2 Å². The van der Waals surface area contributed by atoms with Crippen molar-refractivity contribution in [1.29, 1.82) is 0 Å². The SMILES string of the molecule is CN=C(NCCS(=O)(=O)C(C)(C)C)NC(C)CCC(C)C. The Balaban J connectivity index is 4.25. The number of sulfone groups is 1. The van der Waals surface area contributed by atoms with Gasteiger partial charge in [-0.15, -0.1) is 0 Å². The van der Waals surface area contributed by atoms with Gasteiger partial charge in [0.1, 0.15) is 0 Å². The molecule has 0 fully saturated rings. The zero-order valence-electron chi connectivity index (χ0n) is 14.7. The molecule has 0 bridgehead atoms. The molecule has 0 aliphatic rings. The normalized spacial score (nSPS) is 15.1. The van der Waals surface area contributed by atoms with E-state index in [0.717, 1.165) is 12.8 Å². The number of nitrogens with one attached hydrogen (secondary N) is 2. The van der Waals surface area contributed by atoms with Gasteiger partial charge in [-0.3, -0.25) is 4.99 Å². The van der Waals surface area contributed by atoms with E-state index in [1.54, 1.807) is 27.8 Å². The number of aliphatic imine (C=N–C) groups is 1. The van der Waals surface area contributed by atoms with E-state index in [4.69, 9.17) is 0 Å². The van der Waals surface area contributed by atoms with Gasteiger partial charge in [0.15, 0.2) is 15.8 Å². The molecular weight excluding hydrogens is 286 g/mol. The van der Waals surface area contributed by atoms with Gasteiger partial charge in [0.05, 0.1) is 10.5 Å². The minimum Gasteiger partial charge on any atom is -0.355 e. The van der Waals surface area contributed by atoms with Crippen LogP contribution in [0.2, 0.25) is 0 Å². The van der Waals surface area contributed by atoms with E-state index >= 15 is 0 Å². The highest BCUT2D eigenvalue weighted by Gasteiger charge is 2.28. The second-order valence-corrected chi connectivity index (χ2v) is 9.81. The Morgan fingerprint density at radius 3 is 2.14 bits per heavy atom. The van der Waals surface area contributed by atoms with E-state index in [2.05, 4.69) is 36.4 Å². The van der Waals surface area contributed by atoms with E-state index in [-0.39, 0.29) is 5.75 Å². The van der Waals surface area contributed by atoms with Crippen LogP contribution in [0, 0.1) is 5.92 Å². The number of rotatable bonds is 7. The van der Waals surface area contributed by atoms with E-state index in [1.807, 2.05) is 0 Å². The molecule has 0 aliphatic heterocycles. The predicted octanol–water partition coefficient (Wildman–Crippen LogP) is 2.19. The van der Waals surface area contributed by atoms with Gasteiger partial charge in [-0.05, 0) is 46.5 Å².